The van der Waals surface area contributed by atoms with E-state index in [9.17, 15) is 9.18 Å². The Morgan fingerprint density at radius 3 is 2.52 bits per heavy atom. The Bertz CT molecular complexity index is 663. The highest BCUT2D eigenvalue weighted by Crippen LogP contribution is 2.21. The van der Waals surface area contributed by atoms with Crippen LogP contribution in [-0.4, -0.2) is 13.0 Å². The van der Waals surface area contributed by atoms with E-state index in [0.29, 0.717) is 0 Å². The molecular formula is C17H16FNO2. The molecule has 0 aliphatic carbocycles. The molecule has 0 unspecified atom stereocenters. The number of ether oxygens (including phenoxy) is 1. The van der Waals surface area contributed by atoms with Crippen molar-refractivity contribution in [3.63, 3.8) is 0 Å². The minimum atomic E-state index is -0.301. The first-order valence-electron chi connectivity index (χ1n) is 6.48. The van der Waals surface area contributed by atoms with Crippen LogP contribution in [0.1, 0.15) is 11.1 Å². The van der Waals surface area contributed by atoms with Crippen molar-refractivity contribution in [3.05, 3.63) is 65.5 Å². The van der Waals surface area contributed by atoms with Crippen molar-refractivity contribution in [1.29, 1.82) is 0 Å². The van der Waals surface area contributed by atoms with Gasteiger partial charge in [-0.25, -0.2) is 4.39 Å². The quantitative estimate of drug-likeness (QED) is 0.868. The molecule has 108 valence electrons. The predicted octanol–water partition coefficient (Wildman–Crippen LogP) is 3.79. The van der Waals surface area contributed by atoms with Gasteiger partial charge in [0.15, 0.2) is 0 Å². The molecule has 1 N–H and O–H groups in total. The van der Waals surface area contributed by atoms with E-state index < -0.39 is 0 Å². The van der Waals surface area contributed by atoms with Crippen molar-refractivity contribution in [3.8, 4) is 5.75 Å². The van der Waals surface area contributed by atoms with Crippen molar-refractivity contribution in [1.82, 2.24) is 0 Å². The minimum absolute atomic E-state index is 0.243. The summed E-state index contributed by atoms with van der Waals surface area (Å²) in [6, 6.07) is 11.3. The Hall–Kier alpha value is -2.62. The standard InChI is InChI=1S/C17H16FNO2/c1-12-11-15(21-2)8-9-16(12)19-17(20)10-5-13-3-6-14(18)7-4-13/h3-11H,1-2H3,(H,19,20)/b10-5+. The first kappa shape index (κ1) is 14.8. The number of carbonyl (C=O) groups excluding carboxylic acids is 1. The Labute approximate surface area is 123 Å². The summed E-state index contributed by atoms with van der Waals surface area (Å²) in [7, 11) is 1.60. The fraction of sp³-hybridized carbons (Fsp3) is 0.118. The SMILES string of the molecule is COc1ccc(NC(=O)/C=C/c2ccc(F)cc2)c(C)c1. The van der Waals surface area contributed by atoms with E-state index in [1.165, 1.54) is 18.2 Å². The van der Waals surface area contributed by atoms with Crippen molar-refractivity contribution in [2.45, 2.75) is 6.92 Å². The maximum atomic E-state index is 12.8. The number of hydrogen-bond acceptors (Lipinski definition) is 2. The van der Waals surface area contributed by atoms with Crippen molar-refractivity contribution in [2.24, 2.45) is 0 Å². The highest BCUT2D eigenvalue weighted by molar-refractivity contribution is 6.02. The zero-order chi connectivity index (χ0) is 15.2. The highest BCUT2D eigenvalue weighted by Gasteiger charge is 2.03. The second-order valence-corrected chi connectivity index (χ2v) is 4.55. The van der Waals surface area contributed by atoms with E-state index in [2.05, 4.69) is 5.32 Å². The fourth-order valence-electron chi connectivity index (χ4n) is 1.82. The summed E-state index contributed by atoms with van der Waals surface area (Å²) in [6.45, 7) is 1.89. The number of rotatable bonds is 4. The van der Waals surface area contributed by atoms with Gasteiger partial charge in [-0.05, 0) is 54.5 Å². The van der Waals surface area contributed by atoms with Gasteiger partial charge in [0.2, 0.25) is 5.91 Å². The van der Waals surface area contributed by atoms with Crippen LogP contribution in [0.2, 0.25) is 0 Å². The van der Waals surface area contributed by atoms with Crippen LogP contribution in [0.25, 0.3) is 6.08 Å². The minimum Gasteiger partial charge on any atom is -0.497 e. The fourth-order valence-corrected chi connectivity index (χ4v) is 1.82. The summed E-state index contributed by atoms with van der Waals surface area (Å²) in [5.41, 5.74) is 2.40. The molecule has 0 saturated carbocycles. The molecule has 21 heavy (non-hydrogen) atoms. The number of aryl methyl sites for hydroxylation is 1. The van der Waals surface area contributed by atoms with Gasteiger partial charge in [-0.15, -0.1) is 0 Å². The Balaban J connectivity index is 2.03. The third-order valence-corrected chi connectivity index (χ3v) is 2.99. The monoisotopic (exact) mass is 285 g/mol. The first-order valence-corrected chi connectivity index (χ1v) is 6.48. The molecule has 2 aromatic carbocycles. The van der Waals surface area contributed by atoms with Gasteiger partial charge >= 0.3 is 0 Å². The van der Waals surface area contributed by atoms with Gasteiger partial charge in [-0.2, -0.15) is 0 Å². The van der Waals surface area contributed by atoms with E-state index in [-0.39, 0.29) is 11.7 Å². The maximum Gasteiger partial charge on any atom is 0.248 e. The number of carbonyl (C=O) groups is 1. The second-order valence-electron chi connectivity index (χ2n) is 4.55. The molecule has 3 nitrogen and oxygen atoms in total. The van der Waals surface area contributed by atoms with Gasteiger partial charge in [0, 0.05) is 11.8 Å². The molecule has 0 aliphatic rings. The molecule has 0 aromatic heterocycles. The normalized spacial score (nSPS) is 10.6. The van der Waals surface area contributed by atoms with Crippen molar-refractivity contribution < 1.29 is 13.9 Å². The topological polar surface area (TPSA) is 38.3 Å². The van der Waals surface area contributed by atoms with Crippen LogP contribution in [0.5, 0.6) is 5.75 Å². The van der Waals surface area contributed by atoms with Gasteiger partial charge in [0.05, 0.1) is 7.11 Å². The lowest BCUT2D eigenvalue weighted by atomic mass is 10.2. The number of methoxy groups -OCH3 is 1. The van der Waals surface area contributed by atoms with Crippen LogP contribution >= 0.6 is 0 Å². The number of hydrogen-bond donors (Lipinski definition) is 1. The van der Waals surface area contributed by atoms with Gasteiger partial charge in [0.1, 0.15) is 11.6 Å². The maximum absolute atomic E-state index is 12.8. The molecule has 0 spiro atoms. The summed E-state index contributed by atoms with van der Waals surface area (Å²) in [5.74, 6) is 0.199. The van der Waals surface area contributed by atoms with E-state index in [1.807, 2.05) is 13.0 Å². The molecule has 0 heterocycles. The molecule has 0 radical (unpaired) electrons. The summed E-state index contributed by atoms with van der Waals surface area (Å²) in [5, 5.41) is 2.79. The lowest BCUT2D eigenvalue weighted by Gasteiger charge is -2.08. The lowest BCUT2D eigenvalue weighted by molar-refractivity contribution is -0.111. The Morgan fingerprint density at radius 1 is 1.19 bits per heavy atom. The van der Waals surface area contributed by atoms with Gasteiger partial charge in [-0.3, -0.25) is 4.79 Å². The Kier molecular flexibility index (Phi) is 4.72. The molecule has 1 amide bonds. The predicted molar refractivity (Wildman–Crippen MR) is 81.8 cm³/mol. The Morgan fingerprint density at radius 2 is 1.90 bits per heavy atom. The number of nitrogens with one attached hydrogen (secondary N) is 1. The van der Waals surface area contributed by atoms with Crippen LogP contribution in [0, 0.1) is 12.7 Å². The van der Waals surface area contributed by atoms with Crippen molar-refractivity contribution >= 4 is 17.7 Å². The highest BCUT2D eigenvalue weighted by atomic mass is 19.1. The van der Waals surface area contributed by atoms with E-state index in [4.69, 9.17) is 4.74 Å². The summed E-state index contributed by atoms with van der Waals surface area (Å²) < 4.78 is 17.9. The summed E-state index contributed by atoms with van der Waals surface area (Å²) in [6.07, 6.45) is 3.05. The number of anilines is 1. The number of benzene rings is 2. The van der Waals surface area contributed by atoms with Crippen LogP contribution in [0.4, 0.5) is 10.1 Å². The van der Waals surface area contributed by atoms with Crippen LogP contribution in [0.15, 0.2) is 48.5 Å². The smallest absolute Gasteiger partial charge is 0.248 e. The number of halogens is 1. The van der Waals surface area contributed by atoms with Crippen LogP contribution < -0.4 is 10.1 Å². The van der Waals surface area contributed by atoms with Gasteiger partial charge in [-0.1, -0.05) is 12.1 Å². The second kappa shape index (κ2) is 6.70. The molecule has 0 saturated heterocycles. The molecule has 0 atom stereocenters. The average Bonchev–Trinajstić information content (AvgIpc) is 2.48. The average molecular weight is 285 g/mol. The summed E-state index contributed by atoms with van der Waals surface area (Å²) >= 11 is 0. The third kappa shape index (κ3) is 4.18. The zero-order valence-electron chi connectivity index (χ0n) is 11.9. The van der Waals surface area contributed by atoms with Crippen molar-refractivity contribution in [2.75, 3.05) is 12.4 Å². The number of amides is 1. The molecule has 2 rings (SSSR count). The molecule has 4 heteroatoms. The van der Waals surface area contributed by atoms with Crippen LogP contribution in [-0.2, 0) is 4.79 Å². The third-order valence-electron chi connectivity index (χ3n) is 2.99. The van der Waals surface area contributed by atoms with E-state index >= 15 is 0 Å². The van der Waals surface area contributed by atoms with Crippen LogP contribution in [0.3, 0.4) is 0 Å². The van der Waals surface area contributed by atoms with E-state index in [0.717, 1.165) is 22.6 Å². The zero-order valence-corrected chi connectivity index (χ0v) is 11.9. The lowest BCUT2D eigenvalue weighted by Crippen LogP contribution is -2.08. The first-order chi connectivity index (χ1) is 10.1. The summed E-state index contributed by atoms with van der Waals surface area (Å²) in [4.78, 5) is 11.9. The molecule has 0 bridgehead atoms. The molecule has 0 fully saturated rings. The molecule has 0 aliphatic heterocycles. The van der Waals surface area contributed by atoms with Gasteiger partial charge in [0.25, 0.3) is 0 Å². The molecular weight excluding hydrogens is 269 g/mol. The van der Waals surface area contributed by atoms with Gasteiger partial charge < -0.3 is 10.1 Å². The van der Waals surface area contributed by atoms with E-state index in [1.54, 1.807) is 37.5 Å². The molecule has 2 aromatic rings. The largest absolute Gasteiger partial charge is 0.497 e.